The lowest BCUT2D eigenvalue weighted by Crippen LogP contribution is -2.45. The van der Waals surface area contributed by atoms with Crippen LogP contribution in [0.25, 0.3) is 0 Å². The number of nitrogens with one attached hydrogen (secondary N) is 2. The van der Waals surface area contributed by atoms with Crippen LogP contribution < -0.4 is 10.6 Å². The number of rotatable bonds is 6. The molecule has 1 aromatic rings. The summed E-state index contributed by atoms with van der Waals surface area (Å²) in [5.41, 5.74) is 2.09. The molecule has 1 saturated carbocycles. The standard InChI is InChI=1S/C23H31N3O3/c1-13(2)15-9-6-7-11-17(15)24-19-14(3)21(27)20(19)25-18-12-8-10-16(22(18)28)23(29)26(4)5/h8,10,12-13,15,17,24-25,28H,3,6-7,9,11H2,1-2,4-5H3/t15-,17+/m0/s1. The zero-order chi connectivity index (χ0) is 21.3. The van der Waals surface area contributed by atoms with Gasteiger partial charge in [-0.15, -0.1) is 0 Å². The minimum Gasteiger partial charge on any atom is -0.505 e. The fourth-order valence-electron chi connectivity index (χ4n) is 4.26. The Kier molecular flexibility index (Phi) is 6.01. The van der Waals surface area contributed by atoms with Gasteiger partial charge in [0.05, 0.1) is 16.9 Å². The van der Waals surface area contributed by atoms with Gasteiger partial charge in [0.25, 0.3) is 5.91 Å². The molecule has 0 aromatic heterocycles. The molecule has 6 nitrogen and oxygen atoms in total. The number of aromatic hydroxyl groups is 1. The summed E-state index contributed by atoms with van der Waals surface area (Å²) in [7, 11) is 3.25. The third-order valence-electron chi connectivity index (χ3n) is 5.99. The molecule has 1 fully saturated rings. The van der Waals surface area contributed by atoms with Crippen LogP contribution in [0.15, 0.2) is 41.7 Å². The van der Waals surface area contributed by atoms with E-state index in [4.69, 9.17) is 0 Å². The van der Waals surface area contributed by atoms with Crippen molar-refractivity contribution in [2.24, 2.45) is 11.8 Å². The van der Waals surface area contributed by atoms with Gasteiger partial charge in [0.2, 0.25) is 5.78 Å². The highest BCUT2D eigenvalue weighted by atomic mass is 16.3. The Morgan fingerprint density at radius 1 is 1.21 bits per heavy atom. The molecule has 0 bridgehead atoms. The number of benzene rings is 1. The van der Waals surface area contributed by atoms with Gasteiger partial charge in [-0.25, -0.2) is 0 Å². The molecular weight excluding hydrogens is 366 g/mol. The molecule has 1 amide bonds. The maximum Gasteiger partial charge on any atom is 0.257 e. The van der Waals surface area contributed by atoms with E-state index in [1.807, 2.05) is 0 Å². The fourth-order valence-corrected chi connectivity index (χ4v) is 4.26. The number of hydrogen-bond acceptors (Lipinski definition) is 5. The second kappa shape index (κ2) is 8.31. The van der Waals surface area contributed by atoms with E-state index >= 15 is 0 Å². The number of nitrogens with zero attached hydrogens (tertiary/aromatic N) is 1. The summed E-state index contributed by atoms with van der Waals surface area (Å²) in [6, 6.07) is 5.20. The number of allylic oxidation sites excluding steroid dienone is 2. The summed E-state index contributed by atoms with van der Waals surface area (Å²) >= 11 is 0. The monoisotopic (exact) mass is 397 g/mol. The van der Waals surface area contributed by atoms with Gasteiger partial charge in [-0.05, 0) is 36.8 Å². The van der Waals surface area contributed by atoms with Crippen molar-refractivity contribution in [2.75, 3.05) is 19.4 Å². The smallest absolute Gasteiger partial charge is 0.257 e. The highest BCUT2D eigenvalue weighted by Crippen LogP contribution is 2.36. The Hall–Kier alpha value is -2.76. The highest BCUT2D eigenvalue weighted by molar-refractivity contribution is 6.21. The zero-order valence-electron chi connectivity index (χ0n) is 17.7. The second-order valence-electron chi connectivity index (χ2n) is 8.53. The van der Waals surface area contributed by atoms with E-state index in [0.29, 0.717) is 34.8 Å². The molecule has 0 radical (unpaired) electrons. The molecule has 0 aliphatic heterocycles. The number of amides is 1. The summed E-state index contributed by atoms with van der Waals surface area (Å²) in [6.45, 7) is 8.39. The Morgan fingerprint density at radius 3 is 2.55 bits per heavy atom. The van der Waals surface area contributed by atoms with Gasteiger partial charge in [-0.3, -0.25) is 9.59 Å². The van der Waals surface area contributed by atoms with Crippen LogP contribution in [0, 0.1) is 11.8 Å². The minimum absolute atomic E-state index is 0.166. The molecule has 3 N–H and O–H groups in total. The fraction of sp³-hybridized carbons (Fsp3) is 0.478. The first kappa shape index (κ1) is 21.0. The summed E-state index contributed by atoms with van der Waals surface area (Å²) in [5, 5.41) is 17.1. The summed E-state index contributed by atoms with van der Waals surface area (Å²) < 4.78 is 0. The zero-order valence-corrected chi connectivity index (χ0v) is 17.7. The summed E-state index contributed by atoms with van der Waals surface area (Å²) in [5.74, 6) is 0.473. The van der Waals surface area contributed by atoms with Gasteiger partial charge in [-0.2, -0.15) is 0 Å². The third-order valence-corrected chi connectivity index (χ3v) is 5.99. The molecular formula is C23H31N3O3. The SMILES string of the molecule is C=C1C(=O)C(Nc2cccc(C(=O)N(C)C)c2O)=C1N[C@@H]1CCCC[C@H]1C(C)C. The van der Waals surface area contributed by atoms with E-state index < -0.39 is 0 Å². The number of ketones is 1. The van der Waals surface area contributed by atoms with Crippen LogP contribution in [0.1, 0.15) is 49.9 Å². The number of carbonyl (C=O) groups excluding carboxylic acids is 2. The van der Waals surface area contributed by atoms with E-state index in [0.717, 1.165) is 12.1 Å². The highest BCUT2D eigenvalue weighted by Gasteiger charge is 2.37. The normalized spacial score (nSPS) is 21.8. The number of phenols is 1. The van der Waals surface area contributed by atoms with Crippen LogP contribution in [0.4, 0.5) is 5.69 Å². The first-order chi connectivity index (χ1) is 13.7. The average Bonchev–Trinajstić information content (AvgIpc) is 2.70. The molecule has 2 aliphatic carbocycles. The first-order valence-corrected chi connectivity index (χ1v) is 10.3. The van der Waals surface area contributed by atoms with Crippen molar-refractivity contribution in [3.05, 3.63) is 47.3 Å². The summed E-state index contributed by atoms with van der Waals surface area (Å²) in [6.07, 6.45) is 4.67. The Balaban J connectivity index is 1.86. The van der Waals surface area contributed by atoms with Crippen molar-refractivity contribution in [1.82, 2.24) is 10.2 Å². The van der Waals surface area contributed by atoms with Gasteiger partial charge >= 0.3 is 0 Å². The topological polar surface area (TPSA) is 81.7 Å². The Labute approximate surface area is 172 Å². The van der Waals surface area contributed by atoms with E-state index in [1.165, 1.54) is 24.2 Å². The number of hydrogen-bond donors (Lipinski definition) is 3. The molecule has 0 saturated heterocycles. The van der Waals surface area contributed by atoms with Gasteiger partial charge in [0.1, 0.15) is 5.70 Å². The van der Waals surface area contributed by atoms with Crippen molar-refractivity contribution < 1.29 is 14.7 Å². The molecule has 6 heteroatoms. The van der Waals surface area contributed by atoms with Crippen molar-refractivity contribution in [1.29, 1.82) is 0 Å². The van der Waals surface area contributed by atoms with E-state index in [-0.39, 0.29) is 23.0 Å². The Bertz CT molecular complexity index is 870. The van der Waals surface area contributed by atoms with Crippen LogP contribution in [0.5, 0.6) is 5.75 Å². The lowest BCUT2D eigenvalue weighted by Gasteiger charge is -2.38. The van der Waals surface area contributed by atoms with Gasteiger partial charge in [-0.1, -0.05) is 39.3 Å². The van der Waals surface area contributed by atoms with E-state index in [1.54, 1.807) is 32.3 Å². The third kappa shape index (κ3) is 4.02. The molecule has 2 aliphatic rings. The van der Waals surface area contributed by atoms with Crippen molar-refractivity contribution in [2.45, 2.75) is 45.6 Å². The van der Waals surface area contributed by atoms with Crippen LogP contribution in [0.3, 0.4) is 0 Å². The lowest BCUT2D eigenvalue weighted by molar-refractivity contribution is -0.113. The number of para-hydroxylation sites is 1. The minimum atomic E-state index is -0.301. The largest absolute Gasteiger partial charge is 0.505 e. The van der Waals surface area contributed by atoms with Gasteiger partial charge in [0.15, 0.2) is 5.75 Å². The molecule has 29 heavy (non-hydrogen) atoms. The van der Waals surface area contributed by atoms with Crippen molar-refractivity contribution in [3.63, 3.8) is 0 Å². The predicted molar refractivity (Wildman–Crippen MR) is 115 cm³/mol. The Morgan fingerprint density at radius 2 is 1.90 bits per heavy atom. The quantitative estimate of drug-likeness (QED) is 0.504. The van der Waals surface area contributed by atoms with Gasteiger partial charge < -0.3 is 20.6 Å². The number of phenolic OH excluding ortho intramolecular Hbond substituents is 1. The number of anilines is 1. The van der Waals surface area contributed by atoms with Crippen molar-refractivity contribution in [3.8, 4) is 5.75 Å². The predicted octanol–water partition coefficient (Wildman–Crippen LogP) is 3.66. The van der Waals surface area contributed by atoms with Crippen LogP contribution in [0.2, 0.25) is 0 Å². The maximum atomic E-state index is 12.5. The number of Topliss-reactive ketones (excluding diaryl/α,β-unsaturated/α-hetero) is 1. The second-order valence-corrected chi connectivity index (χ2v) is 8.53. The maximum absolute atomic E-state index is 12.5. The first-order valence-electron chi connectivity index (χ1n) is 10.3. The van der Waals surface area contributed by atoms with Crippen LogP contribution in [-0.2, 0) is 4.79 Å². The molecule has 1 aromatic carbocycles. The lowest BCUT2D eigenvalue weighted by atomic mass is 9.77. The molecule has 0 unspecified atom stereocenters. The van der Waals surface area contributed by atoms with E-state index in [2.05, 4.69) is 31.1 Å². The van der Waals surface area contributed by atoms with Crippen LogP contribution >= 0.6 is 0 Å². The molecule has 156 valence electrons. The van der Waals surface area contributed by atoms with Gasteiger partial charge in [0, 0.05) is 25.7 Å². The molecule has 3 rings (SSSR count). The van der Waals surface area contributed by atoms with Crippen LogP contribution in [-0.4, -0.2) is 41.8 Å². The number of carbonyl (C=O) groups is 2. The van der Waals surface area contributed by atoms with E-state index in [9.17, 15) is 14.7 Å². The average molecular weight is 398 g/mol. The molecule has 0 spiro atoms. The summed E-state index contributed by atoms with van der Waals surface area (Å²) in [4.78, 5) is 26.1. The van der Waals surface area contributed by atoms with Crippen molar-refractivity contribution >= 4 is 17.4 Å². The molecule has 0 heterocycles. The molecule has 2 atom stereocenters.